The van der Waals surface area contributed by atoms with Crippen molar-refractivity contribution in [1.82, 2.24) is 0 Å². The van der Waals surface area contributed by atoms with Gasteiger partial charge in [0.2, 0.25) is 0 Å². The maximum Gasteiger partial charge on any atom is 0.143 e. The fraction of sp³-hybridized carbons (Fsp3) is 0.188. The SMILES string of the molecule is COc1cc(C#N)ccc1NC(C)c1cccc(F)c1. The fourth-order valence-corrected chi connectivity index (χ4v) is 1.97. The van der Waals surface area contributed by atoms with E-state index in [1.54, 1.807) is 31.4 Å². The summed E-state index contributed by atoms with van der Waals surface area (Å²) in [5.74, 6) is 0.329. The third-order valence-electron chi connectivity index (χ3n) is 3.05. The van der Waals surface area contributed by atoms with Crippen molar-refractivity contribution in [3.8, 4) is 11.8 Å². The van der Waals surface area contributed by atoms with Crippen LogP contribution < -0.4 is 10.1 Å². The first-order valence-corrected chi connectivity index (χ1v) is 6.24. The molecule has 0 aliphatic carbocycles. The Morgan fingerprint density at radius 2 is 2.05 bits per heavy atom. The minimum absolute atomic E-state index is 0.0764. The summed E-state index contributed by atoms with van der Waals surface area (Å²) in [6, 6.07) is 13.6. The standard InChI is InChI=1S/C16H15FN2O/c1-11(13-4-3-5-14(17)9-13)19-15-7-6-12(10-18)8-16(15)20-2/h3-9,11,19H,1-2H3. The number of nitriles is 1. The van der Waals surface area contributed by atoms with Crippen LogP contribution in [0.3, 0.4) is 0 Å². The Morgan fingerprint density at radius 3 is 2.70 bits per heavy atom. The molecule has 0 heterocycles. The molecule has 0 fully saturated rings. The van der Waals surface area contributed by atoms with E-state index in [0.29, 0.717) is 11.3 Å². The Labute approximate surface area is 117 Å². The average molecular weight is 270 g/mol. The van der Waals surface area contributed by atoms with E-state index < -0.39 is 0 Å². The predicted molar refractivity (Wildman–Crippen MR) is 76.1 cm³/mol. The van der Waals surface area contributed by atoms with Crippen LogP contribution in [0.1, 0.15) is 24.1 Å². The van der Waals surface area contributed by atoms with E-state index in [9.17, 15) is 4.39 Å². The maximum absolute atomic E-state index is 13.2. The molecule has 0 bridgehead atoms. The van der Waals surface area contributed by atoms with Gasteiger partial charge in [-0.25, -0.2) is 4.39 Å². The van der Waals surface area contributed by atoms with Crippen LogP contribution >= 0.6 is 0 Å². The second kappa shape index (κ2) is 6.07. The van der Waals surface area contributed by atoms with Gasteiger partial charge in [-0.1, -0.05) is 12.1 Å². The number of nitrogens with zero attached hydrogens (tertiary/aromatic N) is 1. The van der Waals surface area contributed by atoms with Crippen LogP contribution in [0.2, 0.25) is 0 Å². The van der Waals surface area contributed by atoms with Gasteiger partial charge in [-0.15, -0.1) is 0 Å². The minimum atomic E-state index is -0.261. The lowest BCUT2D eigenvalue weighted by Gasteiger charge is -2.18. The normalized spacial score (nSPS) is 11.5. The Kier molecular flexibility index (Phi) is 4.21. The lowest BCUT2D eigenvalue weighted by atomic mass is 10.1. The zero-order valence-corrected chi connectivity index (χ0v) is 11.4. The maximum atomic E-state index is 13.2. The molecule has 0 saturated carbocycles. The van der Waals surface area contributed by atoms with E-state index in [2.05, 4.69) is 11.4 Å². The zero-order valence-electron chi connectivity index (χ0n) is 11.4. The van der Waals surface area contributed by atoms with Gasteiger partial charge < -0.3 is 10.1 Å². The third-order valence-corrected chi connectivity index (χ3v) is 3.05. The van der Waals surface area contributed by atoms with E-state index in [4.69, 9.17) is 10.00 Å². The number of anilines is 1. The molecule has 0 aliphatic heterocycles. The van der Waals surface area contributed by atoms with Gasteiger partial charge in [-0.05, 0) is 36.8 Å². The summed E-state index contributed by atoms with van der Waals surface area (Å²) in [6.07, 6.45) is 0. The molecular formula is C16H15FN2O. The minimum Gasteiger partial charge on any atom is -0.495 e. The van der Waals surface area contributed by atoms with Gasteiger partial charge in [0.15, 0.2) is 0 Å². The summed E-state index contributed by atoms with van der Waals surface area (Å²) in [7, 11) is 1.55. The summed E-state index contributed by atoms with van der Waals surface area (Å²) in [5, 5.41) is 12.1. The van der Waals surface area contributed by atoms with Gasteiger partial charge in [0.1, 0.15) is 11.6 Å². The van der Waals surface area contributed by atoms with Crippen molar-refractivity contribution < 1.29 is 9.13 Å². The van der Waals surface area contributed by atoms with Crippen molar-refractivity contribution in [1.29, 1.82) is 5.26 Å². The van der Waals surface area contributed by atoms with Crippen molar-refractivity contribution in [2.45, 2.75) is 13.0 Å². The van der Waals surface area contributed by atoms with Gasteiger partial charge in [0.25, 0.3) is 0 Å². The van der Waals surface area contributed by atoms with Crippen LogP contribution in [0.15, 0.2) is 42.5 Å². The van der Waals surface area contributed by atoms with Gasteiger partial charge in [0.05, 0.1) is 24.4 Å². The molecule has 20 heavy (non-hydrogen) atoms. The van der Waals surface area contributed by atoms with E-state index in [1.807, 2.05) is 13.0 Å². The molecular weight excluding hydrogens is 255 g/mol. The molecule has 3 nitrogen and oxygen atoms in total. The van der Waals surface area contributed by atoms with Crippen molar-refractivity contribution in [3.63, 3.8) is 0 Å². The summed E-state index contributed by atoms with van der Waals surface area (Å²) in [5.41, 5.74) is 2.14. The highest BCUT2D eigenvalue weighted by atomic mass is 19.1. The van der Waals surface area contributed by atoms with Crippen molar-refractivity contribution >= 4 is 5.69 Å². The van der Waals surface area contributed by atoms with Crippen LogP contribution in [0.4, 0.5) is 10.1 Å². The highest BCUT2D eigenvalue weighted by molar-refractivity contribution is 5.60. The first-order valence-electron chi connectivity index (χ1n) is 6.24. The molecule has 2 rings (SSSR count). The molecule has 0 aromatic heterocycles. The number of hydrogen-bond acceptors (Lipinski definition) is 3. The number of methoxy groups -OCH3 is 1. The van der Waals surface area contributed by atoms with Crippen LogP contribution in [0.5, 0.6) is 5.75 Å². The summed E-state index contributed by atoms with van der Waals surface area (Å²) in [4.78, 5) is 0. The lowest BCUT2D eigenvalue weighted by molar-refractivity contribution is 0.416. The number of hydrogen-bond donors (Lipinski definition) is 1. The number of benzene rings is 2. The smallest absolute Gasteiger partial charge is 0.143 e. The molecule has 2 aromatic rings. The molecule has 1 N–H and O–H groups in total. The Hall–Kier alpha value is -2.54. The molecule has 0 amide bonds. The summed E-state index contributed by atoms with van der Waals surface area (Å²) >= 11 is 0. The van der Waals surface area contributed by atoms with Crippen molar-refractivity contribution in [3.05, 3.63) is 59.4 Å². The number of halogens is 1. The van der Waals surface area contributed by atoms with E-state index in [1.165, 1.54) is 12.1 Å². The molecule has 0 spiro atoms. The molecule has 1 unspecified atom stereocenters. The van der Waals surface area contributed by atoms with Crippen LogP contribution in [0.25, 0.3) is 0 Å². The Morgan fingerprint density at radius 1 is 1.25 bits per heavy atom. The van der Waals surface area contributed by atoms with Crippen LogP contribution in [0, 0.1) is 17.1 Å². The number of rotatable bonds is 4. The topological polar surface area (TPSA) is 45.0 Å². The predicted octanol–water partition coefficient (Wildman–Crippen LogP) is 3.88. The molecule has 4 heteroatoms. The van der Waals surface area contributed by atoms with Crippen LogP contribution in [-0.4, -0.2) is 7.11 Å². The molecule has 1 atom stereocenters. The fourth-order valence-electron chi connectivity index (χ4n) is 1.97. The number of ether oxygens (including phenoxy) is 1. The zero-order chi connectivity index (χ0) is 14.5. The largest absolute Gasteiger partial charge is 0.495 e. The van der Waals surface area contributed by atoms with E-state index in [-0.39, 0.29) is 11.9 Å². The molecule has 0 radical (unpaired) electrons. The van der Waals surface area contributed by atoms with Crippen molar-refractivity contribution in [2.24, 2.45) is 0 Å². The quantitative estimate of drug-likeness (QED) is 0.917. The summed E-state index contributed by atoms with van der Waals surface area (Å²) < 4.78 is 18.5. The van der Waals surface area contributed by atoms with Gasteiger partial charge in [-0.3, -0.25) is 0 Å². The Balaban J connectivity index is 2.23. The highest BCUT2D eigenvalue weighted by Gasteiger charge is 2.10. The van der Waals surface area contributed by atoms with Gasteiger partial charge >= 0.3 is 0 Å². The first kappa shape index (κ1) is 13.9. The molecule has 0 aliphatic rings. The van der Waals surface area contributed by atoms with E-state index in [0.717, 1.165) is 11.3 Å². The van der Waals surface area contributed by atoms with Gasteiger partial charge in [-0.2, -0.15) is 5.26 Å². The first-order chi connectivity index (χ1) is 9.63. The number of nitrogens with one attached hydrogen (secondary N) is 1. The Bertz CT molecular complexity index is 649. The van der Waals surface area contributed by atoms with Crippen LogP contribution in [-0.2, 0) is 0 Å². The molecule has 0 saturated heterocycles. The average Bonchev–Trinajstić information content (AvgIpc) is 2.47. The third kappa shape index (κ3) is 3.07. The lowest BCUT2D eigenvalue weighted by Crippen LogP contribution is -2.08. The second-order valence-corrected chi connectivity index (χ2v) is 4.45. The van der Waals surface area contributed by atoms with Gasteiger partial charge in [0, 0.05) is 12.1 Å². The molecule has 2 aromatic carbocycles. The second-order valence-electron chi connectivity index (χ2n) is 4.45. The van der Waals surface area contributed by atoms with E-state index >= 15 is 0 Å². The molecule has 102 valence electrons. The monoisotopic (exact) mass is 270 g/mol. The van der Waals surface area contributed by atoms with Crippen molar-refractivity contribution in [2.75, 3.05) is 12.4 Å². The summed E-state index contributed by atoms with van der Waals surface area (Å²) in [6.45, 7) is 1.94. The highest BCUT2D eigenvalue weighted by Crippen LogP contribution is 2.29.